The van der Waals surface area contributed by atoms with Gasteiger partial charge in [0, 0.05) is 11.8 Å². The summed E-state index contributed by atoms with van der Waals surface area (Å²) in [5.74, 6) is 1.26. The molecule has 0 fully saturated rings. The maximum atomic E-state index is 11.4. The first kappa shape index (κ1) is 17.3. The fourth-order valence-corrected chi connectivity index (χ4v) is 2.13. The first-order chi connectivity index (χ1) is 11.6. The standard InChI is InChI=1S/C18H19NO5/c1-21-15-9-12(10-16(22-2)17(15)23-3)11-19-14-7-5-13(6-8-14)18(20)24-4/h5-11H,1-4H3. The highest BCUT2D eigenvalue weighted by molar-refractivity contribution is 5.90. The number of hydrogen-bond acceptors (Lipinski definition) is 6. The van der Waals surface area contributed by atoms with E-state index < -0.39 is 0 Å². The Kier molecular flexibility index (Phi) is 5.78. The highest BCUT2D eigenvalue weighted by atomic mass is 16.5. The van der Waals surface area contributed by atoms with Gasteiger partial charge >= 0.3 is 5.97 Å². The van der Waals surface area contributed by atoms with Crippen LogP contribution in [0, 0.1) is 0 Å². The van der Waals surface area contributed by atoms with Crippen LogP contribution >= 0.6 is 0 Å². The van der Waals surface area contributed by atoms with Crippen LogP contribution in [0.2, 0.25) is 0 Å². The Morgan fingerprint density at radius 2 is 1.50 bits per heavy atom. The predicted molar refractivity (Wildman–Crippen MR) is 91.1 cm³/mol. The molecule has 0 bridgehead atoms. The van der Waals surface area contributed by atoms with Crippen LogP contribution in [0.5, 0.6) is 17.2 Å². The van der Waals surface area contributed by atoms with E-state index in [1.807, 2.05) is 0 Å². The summed E-state index contributed by atoms with van der Waals surface area (Å²) in [4.78, 5) is 15.8. The largest absolute Gasteiger partial charge is 0.493 e. The number of aliphatic imine (C=N–C) groups is 1. The number of hydrogen-bond donors (Lipinski definition) is 0. The Morgan fingerprint density at radius 3 is 1.96 bits per heavy atom. The molecule has 2 aromatic carbocycles. The minimum Gasteiger partial charge on any atom is -0.493 e. The molecule has 126 valence electrons. The summed E-state index contributed by atoms with van der Waals surface area (Å²) in [7, 11) is 6.02. The Labute approximate surface area is 140 Å². The van der Waals surface area contributed by atoms with Crippen molar-refractivity contribution in [3.8, 4) is 17.2 Å². The van der Waals surface area contributed by atoms with Crippen LogP contribution < -0.4 is 14.2 Å². The number of ether oxygens (including phenoxy) is 4. The normalized spacial score (nSPS) is 10.5. The zero-order valence-electron chi connectivity index (χ0n) is 14.0. The minimum atomic E-state index is -0.379. The van der Waals surface area contributed by atoms with Gasteiger partial charge in [-0.1, -0.05) is 0 Å². The zero-order valence-corrected chi connectivity index (χ0v) is 14.0. The lowest BCUT2D eigenvalue weighted by Gasteiger charge is -2.12. The molecule has 0 spiro atoms. The monoisotopic (exact) mass is 329 g/mol. The second kappa shape index (κ2) is 8.01. The second-order valence-corrected chi connectivity index (χ2v) is 4.76. The van der Waals surface area contributed by atoms with Gasteiger partial charge in [-0.3, -0.25) is 4.99 Å². The number of esters is 1. The topological polar surface area (TPSA) is 66.4 Å². The van der Waals surface area contributed by atoms with E-state index in [0.29, 0.717) is 28.5 Å². The molecule has 0 N–H and O–H groups in total. The number of carbonyl (C=O) groups excluding carboxylic acids is 1. The number of rotatable bonds is 6. The molecular formula is C18H19NO5. The molecule has 0 aromatic heterocycles. The van der Waals surface area contributed by atoms with Crippen molar-refractivity contribution in [1.29, 1.82) is 0 Å². The maximum Gasteiger partial charge on any atom is 0.337 e. The Bertz CT molecular complexity index is 713. The summed E-state index contributed by atoms with van der Waals surface area (Å²) < 4.78 is 20.6. The molecule has 0 atom stereocenters. The van der Waals surface area contributed by atoms with Crippen LogP contribution in [-0.4, -0.2) is 40.6 Å². The van der Waals surface area contributed by atoms with E-state index in [1.54, 1.807) is 63.9 Å². The SMILES string of the molecule is COC(=O)c1ccc(N=Cc2cc(OC)c(OC)c(OC)c2)cc1. The third-order valence-electron chi connectivity index (χ3n) is 3.34. The maximum absolute atomic E-state index is 11.4. The lowest BCUT2D eigenvalue weighted by Crippen LogP contribution is -1.99. The second-order valence-electron chi connectivity index (χ2n) is 4.76. The predicted octanol–water partition coefficient (Wildman–Crippen LogP) is 3.25. The van der Waals surface area contributed by atoms with Crippen molar-refractivity contribution in [2.75, 3.05) is 28.4 Å². The molecule has 0 aliphatic heterocycles. The summed E-state index contributed by atoms with van der Waals surface area (Å²) in [5.41, 5.74) is 1.97. The lowest BCUT2D eigenvalue weighted by atomic mass is 10.2. The number of methoxy groups -OCH3 is 4. The molecule has 24 heavy (non-hydrogen) atoms. The number of carbonyl (C=O) groups is 1. The summed E-state index contributed by atoms with van der Waals surface area (Å²) in [6, 6.07) is 10.4. The first-order valence-corrected chi connectivity index (χ1v) is 7.15. The van der Waals surface area contributed by atoms with E-state index in [-0.39, 0.29) is 5.97 Å². The van der Waals surface area contributed by atoms with Crippen LogP contribution in [0.3, 0.4) is 0 Å². The van der Waals surface area contributed by atoms with Crippen molar-refractivity contribution in [3.05, 3.63) is 47.5 Å². The summed E-state index contributed by atoms with van der Waals surface area (Å²) in [6.07, 6.45) is 1.68. The van der Waals surface area contributed by atoms with E-state index in [4.69, 9.17) is 14.2 Å². The average molecular weight is 329 g/mol. The van der Waals surface area contributed by atoms with Gasteiger partial charge in [0.25, 0.3) is 0 Å². The Balaban J connectivity index is 2.27. The molecule has 0 amide bonds. The number of nitrogens with zero attached hydrogens (tertiary/aromatic N) is 1. The Hall–Kier alpha value is -3.02. The highest BCUT2D eigenvalue weighted by Gasteiger charge is 2.12. The van der Waals surface area contributed by atoms with Gasteiger partial charge in [0.15, 0.2) is 11.5 Å². The quantitative estimate of drug-likeness (QED) is 0.601. The summed E-state index contributed by atoms with van der Waals surface area (Å²) in [6.45, 7) is 0. The van der Waals surface area contributed by atoms with Crippen LogP contribution in [0.15, 0.2) is 41.4 Å². The van der Waals surface area contributed by atoms with E-state index in [9.17, 15) is 4.79 Å². The van der Waals surface area contributed by atoms with Gasteiger partial charge in [0.2, 0.25) is 5.75 Å². The van der Waals surface area contributed by atoms with Crippen molar-refractivity contribution in [2.45, 2.75) is 0 Å². The zero-order chi connectivity index (χ0) is 17.5. The van der Waals surface area contributed by atoms with Crippen molar-refractivity contribution in [3.63, 3.8) is 0 Å². The van der Waals surface area contributed by atoms with Crippen molar-refractivity contribution in [1.82, 2.24) is 0 Å². The van der Waals surface area contributed by atoms with E-state index in [2.05, 4.69) is 9.73 Å². The van der Waals surface area contributed by atoms with Gasteiger partial charge in [0.1, 0.15) is 0 Å². The van der Waals surface area contributed by atoms with Crippen molar-refractivity contribution >= 4 is 17.9 Å². The molecule has 0 unspecified atom stereocenters. The fourth-order valence-electron chi connectivity index (χ4n) is 2.13. The van der Waals surface area contributed by atoms with E-state index in [0.717, 1.165) is 5.56 Å². The van der Waals surface area contributed by atoms with Crippen molar-refractivity contribution < 1.29 is 23.7 Å². The minimum absolute atomic E-state index is 0.379. The Morgan fingerprint density at radius 1 is 0.917 bits per heavy atom. The first-order valence-electron chi connectivity index (χ1n) is 7.15. The molecule has 0 aliphatic carbocycles. The molecule has 0 heterocycles. The van der Waals surface area contributed by atoms with Gasteiger partial charge < -0.3 is 18.9 Å². The van der Waals surface area contributed by atoms with Gasteiger partial charge in [-0.25, -0.2) is 4.79 Å². The molecule has 6 heteroatoms. The van der Waals surface area contributed by atoms with Crippen LogP contribution in [-0.2, 0) is 4.74 Å². The van der Waals surface area contributed by atoms with Crippen LogP contribution in [0.1, 0.15) is 15.9 Å². The molecule has 0 radical (unpaired) electrons. The van der Waals surface area contributed by atoms with Gasteiger partial charge in [-0.15, -0.1) is 0 Å². The fraction of sp³-hybridized carbons (Fsp3) is 0.222. The molecule has 0 aliphatic rings. The average Bonchev–Trinajstić information content (AvgIpc) is 2.65. The molecule has 0 saturated heterocycles. The smallest absolute Gasteiger partial charge is 0.337 e. The van der Waals surface area contributed by atoms with E-state index >= 15 is 0 Å². The number of benzene rings is 2. The van der Waals surface area contributed by atoms with Gasteiger partial charge in [-0.2, -0.15) is 0 Å². The van der Waals surface area contributed by atoms with Gasteiger partial charge in [-0.05, 0) is 36.4 Å². The molecule has 6 nitrogen and oxygen atoms in total. The van der Waals surface area contributed by atoms with Gasteiger partial charge in [0.05, 0.1) is 39.7 Å². The van der Waals surface area contributed by atoms with Crippen LogP contribution in [0.25, 0.3) is 0 Å². The summed E-state index contributed by atoms with van der Waals surface area (Å²) in [5, 5.41) is 0. The molecule has 2 rings (SSSR count). The van der Waals surface area contributed by atoms with Crippen LogP contribution in [0.4, 0.5) is 5.69 Å². The molecule has 2 aromatic rings. The third kappa shape index (κ3) is 3.84. The van der Waals surface area contributed by atoms with E-state index in [1.165, 1.54) is 7.11 Å². The lowest BCUT2D eigenvalue weighted by molar-refractivity contribution is 0.0601. The molecular weight excluding hydrogens is 310 g/mol. The summed E-state index contributed by atoms with van der Waals surface area (Å²) >= 11 is 0. The highest BCUT2D eigenvalue weighted by Crippen LogP contribution is 2.37. The third-order valence-corrected chi connectivity index (χ3v) is 3.34. The van der Waals surface area contributed by atoms with Crippen molar-refractivity contribution in [2.24, 2.45) is 4.99 Å². The molecule has 0 saturated carbocycles.